The summed E-state index contributed by atoms with van der Waals surface area (Å²) in [7, 11) is 1.69. The van der Waals surface area contributed by atoms with E-state index in [9.17, 15) is 5.11 Å². The monoisotopic (exact) mass is 528 g/mol. The Bertz CT molecular complexity index is 755. The van der Waals surface area contributed by atoms with Crippen molar-refractivity contribution in [3.05, 3.63) is 59.5 Å². The van der Waals surface area contributed by atoms with Crippen LogP contribution in [0.4, 0.5) is 0 Å². The molecule has 30 heavy (non-hydrogen) atoms. The van der Waals surface area contributed by atoms with Crippen LogP contribution in [0.3, 0.4) is 0 Å². The summed E-state index contributed by atoms with van der Waals surface area (Å²) < 4.78 is 10.5. The number of likely N-dealkylation sites (tertiary alicyclic amines) is 1. The van der Waals surface area contributed by atoms with Gasteiger partial charge >= 0.3 is 0 Å². The Labute approximate surface area is 195 Å². The van der Waals surface area contributed by atoms with Gasteiger partial charge < -0.3 is 24.9 Å². The first-order chi connectivity index (χ1) is 14.2. The maximum atomic E-state index is 9.78. The average Bonchev–Trinajstić information content (AvgIpc) is 3.38. The van der Waals surface area contributed by atoms with E-state index < -0.39 is 0 Å². The van der Waals surface area contributed by atoms with Crippen molar-refractivity contribution in [2.45, 2.75) is 32.0 Å². The molecule has 7 nitrogen and oxygen atoms in total. The van der Waals surface area contributed by atoms with Gasteiger partial charge in [-0.05, 0) is 29.7 Å². The van der Waals surface area contributed by atoms with Crippen LogP contribution in [0.5, 0.6) is 0 Å². The number of benzene rings is 1. The molecule has 1 saturated heterocycles. The molecule has 1 unspecified atom stereocenters. The minimum absolute atomic E-state index is 0. The van der Waals surface area contributed by atoms with Crippen LogP contribution in [0.2, 0.25) is 0 Å². The van der Waals surface area contributed by atoms with Crippen LogP contribution in [0.1, 0.15) is 23.3 Å². The fourth-order valence-corrected chi connectivity index (χ4v) is 3.43. The molecule has 3 rings (SSSR count). The van der Waals surface area contributed by atoms with Gasteiger partial charge in [0.25, 0.3) is 0 Å². The van der Waals surface area contributed by atoms with Crippen molar-refractivity contribution in [2.24, 2.45) is 4.99 Å². The summed E-state index contributed by atoms with van der Waals surface area (Å²) in [6.45, 7) is 5.17. The number of nitrogens with one attached hydrogen (secondary N) is 2. The molecule has 1 aliphatic rings. The fraction of sp³-hybridized carbons (Fsp3) is 0.500. The molecule has 0 bridgehead atoms. The molecule has 8 heteroatoms. The van der Waals surface area contributed by atoms with Crippen molar-refractivity contribution < 1.29 is 14.3 Å². The minimum Gasteiger partial charge on any atom is -0.469 e. The third-order valence-electron chi connectivity index (χ3n) is 5.01. The zero-order chi connectivity index (χ0) is 20.3. The number of methoxy groups -OCH3 is 1. The summed E-state index contributed by atoms with van der Waals surface area (Å²) in [5.74, 6) is 1.71. The Morgan fingerprint density at radius 2 is 2.00 bits per heavy atom. The first-order valence-electron chi connectivity index (χ1n) is 10.3. The Balaban J connectivity index is 0.00000320. The third kappa shape index (κ3) is 8.25. The largest absolute Gasteiger partial charge is 0.469 e. The van der Waals surface area contributed by atoms with Crippen molar-refractivity contribution in [1.29, 1.82) is 0 Å². The number of aliphatic imine (C=N–C) groups is 1. The van der Waals surface area contributed by atoms with Gasteiger partial charge in [-0.1, -0.05) is 24.3 Å². The van der Waals surface area contributed by atoms with Gasteiger partial charge in [-0.3, -0.25) is 4.90 Å². The number of halogens is 1. The predicted molar refractivity (Wildman–Crippen MR) is 129 cm³/mol. The molecule has 0 spiro atoms. The number of nitrogens with zero attached hydrogens (tertiary/aromatic N) is 2. The highest BCUT2D eigenvalue weighted by Crippen LogP contribution is 2.17. The maximum Gasteiger partial charge on any atom is 0.191 e. The van der Waals surface area contributed by atoms with Crippen molar-refractivity contribution in [3.63, 3.8) is 0 Å². The highest BCUT2D eigenvalue weighted by molar-refractivity contribution is 14.0. The van der Waals surface area contributed by atoms with E-state index in [0.29, 0.717) is 19.7 Å². The molecule has 1 fully saturated rings. The second-order valence-electron chi connectivity index (χ2n) is 7.29. The number of guanidine groups is 1. The summed E-state index contributed by atoms with van der Waals surface area (Å²) in [6, 6.07) is 12.3. The first kappa shape index (κ1) is 24.6. The number of aliphatic hydroxyl groups excluding tert-OH is 1. The summed E-state index contributed by atoms with van der Waals surface area (Å²) >= 11 is 0. The lowest BCUT2D eigenvalue weighted by Gasteiger charge is -2.17. The van der Waals surface area contributed by atoms with E-state index in [1.54, 1.807) is 13.4 Å². The van der Waals surface area contributed by atoms with Crippen molar-refractivity contribution in [3.8, 4) is 0 Å². The van der Waals surface area contributed by atoms with Gasteiger partial charge in [-0.15, -0.1) is 24.0 Å². The lowest BCUT2D eigenvalue weighted by molar-refractivity contribution is 0.174. The number of β-amino-alcohol motifs (C(OH)–C–C–N with tert-alkyl or cyclic N) is 1. The molecule has 1 aliphatic heterocycles. The Kier molecular flexibility index (Phi) is 11.2. The van der Waals surface area contributed by atoms with Gasteiger partial charge in [0.1, 0.15) is 5.76 Å². The Hall–Kier alpha value is -1.62. The molecule has 3 N–H and O–H groups in total. The topological polar surface area (TPSA) is 82.3 Å². The van der Waals surface area contributed by atoms with Gasteiger partial charge in [0.2, 0.25) is 0 Å². The SMILES string of the molecule is COCCNC(=NCc1ccccc1CN1CCC(O)C1)NCCc1ccco1.I. The lowest BCUT2D eigenvalue weighted by Crippen LogP contribution is -2.40. The predicted octanol–water partition coefficient (Wildman–Crippen LogP) is 2.39. The normalized spacial score (nSPS) is 17.0. The molecular weight excluding hydrogens is 495 g/mol. The molecule has 2 aromatic rings. The van der Waals surface area contributed by atoms with Crippen molar-refractivity contribution >= 4 is 29.9 Å². The quantitative estimate of drug-likeness (QED) is 0.190. The third-order valence-corrected chi connectivity index (χ3v) is 5.01. The van der Waals surface area contributed by atoms with Crippen LogP contribution in [-0.2, 0) is 24.2 Å². The maximum absolute atomic E-state index is 9.78. The second kappa shape index (κ2) is 13.6. The van der Waals surface area contributed by atoms with Gasteiger partial charge in [-0.2, -0.15) is 0 Å². The van der Waals surface area contributed by atoms with E-state index in [4.69, 9.17) is 14.1 Å². The van der Waals surface area contributed by atoms with Gasteiger partial charge in [0.05, 0.1) is 25.5 Å². The van der Waals surface area contributed by atoms with Crippen LogP contribution in [0.15, 0.2) is 52.1 Å². The number of aliphatic hydroxyl groups is 1. The van der Waals surface area contributed by atoms with Gasteiger partial charge in [0, 0.05) is 46.3 Å². The number of furan rings is 1. The number of rotatable bonds is 10. The van der Waals surface area contributed by atoms with Crippen LogP contribution in [-0.4, -0.2) is 62.0 Å². The zero-order valence-electron chi connectivity index (χ0n) is 17.5. The first-order valence-corrected chi connectivity index (χ1v) is 10.3. The van der Waals surface area contributed by atoms with Crippen molar-refractivity contribution in [1.82, 2.24) is 15.5 Å². The van der Waals surface area contributed by atoms with Crippen LogP contribution in [0, 0.1) is 0 Å². The molecule has 0 radical (unpaired) electrons. The van der Waals surface area contributed by atoms with Gasteiger partial charge in [0.15, 0.2) is 5.96 Å². The molecular formula is C22H33IN4O3. The summed E-state index contributed by atoms with van der Waals surface area (Å²) in [4.78, 5) is 7.07. The van der Waals surface area contributed by atoms with Crippen LogP contribution < -0.4 is 10.6 Å². The molecule has 0 saturated carbocycles. The Morgan fingerprint density at radius 1 is 1.20 bits per heavy atom. The molecule has 166 valence electrons. The van der Waals surface area contributed by atoms with Crippen LogP contribution in [0.25, 0.3) is 0 Å². The van der Waals surface area contributed by atoms with E-state index in [1.165, 1.54) is 11.1 Å². The van der Waals surface area contributed by atoms with E-state index in [0.717, 1.165) is 50.7 Å². The number of hydrogen-bond donors (Lipinski definition) is 3. The summed E-state index contributed by atoms with van der Waals surface area (Å²) in [6.07, 6.45) is 3.15. The highest BCUT2D eigenvalue weighted by atomic mass is 127. The molecule has 2 heterocycles. The summed E-state index contributed by atoms with van der Waals surface area (Å²) in [5.41, 5.74) is 2.46. The van der Waals surface area contributed by atoms with E-state index in [2.05, 4.69) is 39.8 Å². The van der Waals surface area contributed by atoms with E-state index in [-0.39, 0.29) is 30.1 Å². The fourth-order valence-electron chi connectivity index (χ4n) is 3.43. The molecule has 0 amide bonds. The lowest BCUT2D eigenvalue weighted by atomic mass is 10.1. The van der Waals surface area contributed by atoms with E-state index in [1.807, 2.05) is 12.1 Å². The number of hydrogen-bond acceptors (Lipinski definition) is 5. The Morgan fingerprint density at radius 3 is 2.70 bits per heavy atom. The smallest absolute Gasteiger partial charge is 0.191 e. The number of ether oxygens (including phenoxy) is 1. The molecule has 1 atom stereocenters. The summed E-state index contributed by atoms with van der Waals surface area (Å²) in [5, 5.41) is 16.5. The minimum atomic E-state index is -0.199. The molecule has 0 aliphatic carbocycles. The van der Waals surface area contributed by atoms with E-state index >= 15 is 0 Å². The highest BCUT2D eigenvalue weighted by Gasteiger charge is 2.20. The van der Waals surface area contributed by atoms with Crippen LogP contribution >= 0.6 is 24.0 Å². The van der Waals surface area contributed by atoms with Crippen molar-refractivity contribution in [2.75, 3.05) is 39.9 Å². The zero-order valence-corrected chi connectivity index (χ0v) is 19.9. The standard InChI is InChI=1S/C22H32N4O3.HI/c1-28-14-11-24-22(23-10-8-21-7-4-13-29-21)25-15-18-5-2-3-6-19(18)16-26-12-9-20(27)17-26;/h2-7,13,20,27H,8-12,14-17H2,1H3,(H2,23,24,25);1H. The average molecular weight is 528 g/mol. The molecule has 1 aromatic heterocycles. The second-order valence-corrected chi connectivity index (χ2v) is 7.29. The van der Waals surface area contributed by atoms with Gasteiger partial charge in [-0.25, -0.2) is 4.99 Å². The molecule has 1 aromatic carbocycles.